The van der Waals surface area contributed by atoms with Crippen LogP contribution < -0.4 is 5.32 Å². The van der Waals surface area contributed by atoms with E-state index in [9.17, 15) is 0 Å². The average molecular weight is 244 g/mol. The fourth-order valence-electron chi connectivity index (χ4n) is 2.50. The van der Waals surface area contributed by atoms with Crippen LogP contribution in [0.25, 0.3) is 11.2 Å². The van der Waals surface area contributed by atoms with Gasteiger partial charge in [0.1, 0.15) is 11.3 Å². The van der Waals surface area contributed by atoms with Crippen molar-refractivity contribution < 1.29 is 4.74 Å². The summed E-state index contributed by atoms with van der Waals surface area (Å²) < 4.78 is 5.47. The fourth-order valence-corrected chi connectivity index (χ4v) is 2.50. The number of rotatable bonds is 3. The smallest absolute Gasteiger partial charge is 0.180 e. The van der Waals surface area contributed by atoms with Gasteiger partial charge in [-0.25, -0.2) is 9.97 Å². The van der Waals surface area contributed by atoms with Gasteiger partial charge in [-0.3, -0.25) is 4.98 Å². The summed E-state index contributed by atoms with van der Waals surface area (Å²) in [6, 6.07) is 4.23. The van der Waals surface area contributed by atoms with Gasteiger partial charge in [0.25, 0.3) is 0 Å². The molecule has 1 aliphatic carbocycles. The first-order valence-electron chi connectivity index (χ1n) is 6.24. The molecule has 0 aliphatic heterocycles. The van der Waals surface area contributed by atoms with Crippen molar-refractivity contribution in [2.75, 3.05) is 12.4 Å². The van der Waals surface area contributed by atoms with Crippen LogP contribution in [-0.2, 0) is 4.74 Å². The molecule has 94 valence electrons. The third kappa shape index (κ3) is 2.13. The number of ether oxygens (including phenoxy) is 1. The molecule has 2 unspecified atom stereocenters. The Labute approximate surface area is 106 Å². The lowest BCUT2D eigenvalue weighted by Gasteiger charge is -2.20. The zero-order valence-corrected chi connectivity index (χ0v) is 10.3. The third-order valence-electron chi connectivity index (χ3n) is 3.42. The molecule has 0 bridgehead atoms. The minimum Gasteiger partial charge on any atom is -0.379 e. The zero-order chi connectivity index (χ0) is 12.4. The highest BCUT2D eigenvalue weighted by atomic mass is 16.5. The number of anilines is 1. The number of methoxy groups -OCH3 is 1. The van der Waals surface area contributed by atoms with Crippen molar-refractivity contribution in [3.8, 4) is 0 Å². The summed E-state index contributed by atoms with van der Waals surface area (Å²) in [4.78, 5) is 12.9. The van der Waals surface area contributed by atoms with E-state index in [1.54, 1.807) is 19.5 Å². The first-order valence-corrected chi connectivity index (χ1v) is 6.24. The summed E-state index contributed by atoms with van der Waals surface area (Å²) >= 11 is 0. The van der Waals surface area contributed by atoms with Crippen LogP contribution >= 0.6 is 0 Å². The van der Waals surface area contributed by atoms with E-state index in [-0.39, 0.29) is 6.10 Å². The highest BCUT2D eigenvalue weighted by molar-refractivity contribution is 5.71. The van der Waals surface area contributed by atoms with E-state index < -0.39 is 0 Å². The Hall–Kier alpha value is -1.75. The monoisotopic (exact) mass is 244 g/mol. The van der Waals surface area contributed by atoms with Gasteiger partial charge in [0, 0.05) is 19.5 Å². The molecule has 0 spiro atoms. The van der Waals surface area contributed by atoms with Gasteiger partial charge in [-0.05, 0) is 31.4 Å². The Morgan fingerprint density at radius 3 is 3.00 bits per heavy atom. The molecule has 3 rings (SSSR count). The summed E-state index contributed by atoms with van der Waals surface area (Å²) in [5, 5.41) is 3.43. The van der Waals surface area contributed by atoms with Crippen LogP contribution in [0.2, 0.25) is 0 Å². The van der Waals surface area contributed by atoms with E-state index >= 15 is 0 Å². The number of fused-ring (bicyclic) bond motifs is 1. The average Bonchev–Trinajstić information content (AvgIpc) is 2.86. The number of hydrogen-bond acceptors (Lipinski definition) is 5. The summed E-state index contributed by atoms with van der Waals surface area (Å²) in [5.41, 5.74) is 1.49. The first-order chi connectivity index (χ1) is 8.86. The Morgan fingerprint density at radius 2 is 2.11 bits per heavy atom. The predicted octanol–water partition coefficient (Wildman–Crippen LogP) is 2.00. The maximum Gasteiger partial charge on any atom is 0.180 e. The zero-order valence-electron chi connectivity index (χ0n) is 10.3. The fraction of sp³-hybridized carbons (Fsp3) is 0.462. The molecule has 2 aromatic heterocycles. The van der Waals surface area contributed by atoms with E-state index in [4.69, 9.17) is 4.74 Å². The minimum absolute atomic E-state index is 0.282. The van der Waals surface area contributed by atoms with E-state index in [1.165, 1.54) is 6.42 Å². The molecule has 5 nitrogen and oxygen atoms in total. The van der Waals surface area contributed by atoms with E-state index in [0.29, 0.717) is 11.7 Å². The lowest BCUT2D eigenvalue weighted by atomic mass is 10.2. The maximum absolute atomic E-state index is 5.47. The highest BCUT2D eigenvalue weighted by Crippen LogP contribution is 2.24. The molecule has 0 saturated heterocycles. The number of nitrogens with zero attached hydrogens (tertiary/aromatic N) is 3. The van der Waals surface area contributed by atoms with Crippen LogP contribution in [0.15, 0.2) is 24.5 Å². The van der Waals surface area contributed by atoms with Crippen LogP contribution in [0.3, 0.4) is 0 Å². The molecule has 5 heteroatoms. The van der Waals surface area contributed by atoms with Crippen molar-refractivity contribution in [1.82, 2.24) is 15.0 Å². The molecule has 0 amide bonds. The second-order valence-electron chi connectivity index (χ2n) is 4.55. The Bertz CT molecular complexity index is 545. The van der Waals surface area contributed by atoms with E-state index in [1.807, 2.05) is 12.1 Å². The number of pyridine rings is 1. The molecule has 2 aromatic rings. The lowest BCUT2D eigenvalue weighted by Crippen LogP contribution is -2.30. The molecule has 18 heavy (non-hydrogen) atoms. The first kappa shape index (κ1) is 11.3. The molecule has 1 aliphatic rings. The predicted molar refractivity (Wildman–Crippen MR) is 69.4 cm³/mol. The third-order valence-corrected chi connectivity index (χ3v) is 3.42. The van der Waals surface area contributed by atoms with E-state index in [2.05, 4.69) is 20.3 Å². The molecule has 2 atom stereocenters. The van der Waals surface area contributed by atoms with Gasteiger partial charge in [-0.15, -0.1) is 0 Å². The molecule has 2 heterocycles. The summed E-state index contributed by atoms with van der Waals surface area (Å²) in [6.07, 6.45) is 7.05. The normalized spacial score (nSPS) is 23.4. The second kappa shape index (κ2) is 4.86. The maximum atomic E-state index is 5.47. The number of nitrogens with one attached hydrogen (secondary N) is 1. The standard InChI is InChI=1S/C13H16N4O/c1-18-11-4-2-3-9(11)16-12-6-5-10-13(17-12)15-8-7-14-10/h5-9,11H,2-4H2,1H3,(H,15,16,17). The summed E-state index contributed by atoms with van der Waals surface area (Å²) in [6.45, 7) is 0. The molecule has 1 fully saturated rings. The second-order valence-corrected chi connectivity index (χ2v) is 4.55. The number of aromatic nitrogens is 3. The Kier molecular flexibility index (Phi) is 3.06. The summed E-state index contributed by atoms with van der Waals surface area (Å²) in [7, 11) is 1.77. The molecule has 1 saturated carbocycles. The van der Waals surface area contributed by atoms with Crippen LogP contribution in [0.4, 0.5) is 5.82 Å². The van der Waals surface area contributed by atoms with E-state index in [0.717, 1.165) is 24.2 Å². The Morgan fingerprint density at radius 1 is 1.22 bits per heavy atom. The van der Waals surface area contributed by atoms with Gasteiger partial charge < -0.3 is 10.1 Å². The molecular weight excluding hydrogens is 228 g/mol. The van der Waals surface area contributed by atoms with Gasteiger partial charge >= 0.3 is 0 Å². The van der Waals surface area contributed by atoms with Gasteiger partial charge in [0.05, 0.1) is 12.1 Å². The van der Waals surface area contributed by atoms with Gasteiger partial charge in [0.2, 0.25) is 0 Å². The lowest BCUT2D eigenvalue weighted by molar-refractivity contribution is 0.101. The minimum atomic E-state index is 0.282. The van der Waals surface area contributed by atoms with Crippen LogP contribution in [0, 0.1) is 0 Å². The Balaban J connectivity index is 1.82. The SMILES string of the molecule is COC1CCCC1Nc1ccc2nccnc2n1. The van der Waals surface area contributed by atoms with Crippen LogP contribution in [-0.4, -0.2) is 34.2 Å². The molecule has 0 aromatic carbocycles. The summed E-state index contributed by atoms with van der Waals surface area (Å²) in [5.74, 6) is 0.844. The molecule has 1 N–H and O–H groups in total. The quantitative estimate of drug-likeness (QED) is 0.894. The van der Waals surface area contributed by atoms with Crippen LogP contribution in [0.1, 0.15) is 19.3 Å². The topological polar surface area (TPSA) is 59.9 Å². The van der Waals surface area contributed by atoms with Crippen LogP contribution in [0.5, 0.6) is 0 Å². The highest BCUT2D eigenvalue weighted by Gasteiger charge is 2.27. The van der Waals surface area contributed by atoms with Crippen molar-refractivity contribution in [1.29, 1.82) is 0 Å². The van der Waals surface area contributed by atoms with Crippen molar-refractivity contribution in [2.45, 2.75) is 31.4 Å². The van der Waals surface area contributed by atoms with Crippen molar-refractivity contribution in [2.24, 2.45) is 0 Å². The van der Waals surface area contributed by atoms with Gasteiger partial charge in [0.15, 0.2) is 5.65 Å². The van der Waals surface area contributed by atoms with Crippen molar-refractivity contribution >= 4 is 17.0 Å². The number of hydrogen-bond donors (Lipinski definition) is 1. The molecular formula is C13H16N4O. The van der Waals surface area contributed by atoms with Crippen molar-refractivity contribution in [3.05, 3.63) is 24.5 Å². The van der Waals surface area contributed by atoms with Crippen molar-refractivity contribution in [3.63, 3.8) is 0 Å². The van der Waals surface area contributed by atoms with Gasteiger partial charge in [-0.1, -0.05) is 0 Å². The largest absolute Gasteiger partial charge is 0.379 e. The molecule has 0 radical (unpaired) electrons. The van der Waals surface area contributed by atoms with Gasteiger partial charge in [-0.2, -0.15) is 0 Å².